The van der Waals surface area contributed by atoms with Gasteiger partial charge in [0.1, 0.15) is 5.75 Å². The number of nitrogens with one attached hydrogen (secondary N) is 1. The Morgan fingerprint density at radius 1 is 1.13 bits per heavy atom. The van der Waals surface area contributed by atoms with E-state index in [0.29, 0.717) is 0 Å². The van der Waals surface area contributed by atoms with E-state index in [1.54, 1.807) is 7.11 Å². The molecule has 0 fully saturated rings. The summed E-state index contributed by atoms with van der Waals surface area (Å²) >= 11 is 0. The van der Waals surface area contributed by atoms with Crippen molar-refractivity contribution in [1.82, 2.24) is 10.2 Å². The Balaban J connectivity index is 2.41. The first-order valence-corrected chi connectivity index (χ1v) is 4.88. The normalized spacial score (nSPS) is 10.3. The van der Waals surface area contributed by atoms with Gasteiger partial charge < -0.3 is 4.74 Å². The number of aryl methyl sites for hydroxylation is 1. The lowest BCUT2D eigenvalue weighted by Crippen LogP contribution is -1.84. The van der Waals surface area contributed by atoms with Crippen molar-refractivity contribution in [2.45, 2.75) is 13.8 Å². The molecule has 1 N–H and O–H groups in total. The predicted octanol–water partition coefficient (Wildman–Crippen LogP) is 2.70. The molecule has 2 rings (SSSR count). The second kappa shape index (κ2) is 3.77. The molecule has 78 valence electrons. The van der Waals surface area contributed by atoms with Gasteiger partial charge >= 0.3 is 0 Å². The molecule has 0 spiro atoms. The summed E-state index contributed by atoms with van der Waals surface area (Å²) in [4.78, 5) is 0. The van der Waals surface area contributed by atoms with Gasteiger partial charge in [-0.3, -0.25) is 5.10 Å². The monoisotopic (exact) mass is 202 g/mol. The maximum absolute atomic E-state index is 5.11. The highest BCUT2D eigenvalue weighted by Crippen LogP contribution is 2.24. The van der Waals surface area contributed by atoms with Gasteiger partial charge in [0.2, 0.25) is 0 Å². The minimum absolute atomic E-state index is 0.865. The number of rotatable bonds is 2. The largest absolute Gasteiger partial charge is 0.497 e. The summed E-state index contributed by atoms with van der Waals surface area (Å²) in [5.74, 6) is 0.865. The Morgan fingerprint density at radius 3 is 2.27 bits per heavy atom. The van der Waals surface area contributed by atoms with Crippen LogP contribution >= 0.6 is 0 Å². The molecular weight excluding hydrogens is 188 g/mol. The molecule has 1 heterocycles. The molecule has 0 bridgehead atoms. The number of nitrogens with zero attached hydrogens (tertiary/aromatic N) is 1. The van der Waals surface area contributed by atoms with Crippen LogP contribution in [0.5, 0.6) is 5.75 Å². The van der Waals surface area contributed by atoms with Crippen LogP contribution in [-0.4, -0.2) is 17.3 Å². The second-order valence-electron chi connectivity index (χ2n) is 3.55. The van der Waals surface area contributed by atoms with Crippen molar-refractivity contribution >= 4 is 0 Å². The topological polar surface area (TPSA) is 37.9 Å². The standard InChI is InChI=1S/C12H14N2O/c1-8-9(2)13-14-12(8)10-4-6-11(15-3)7-5-10/h4-7H,1-3H3,(H,13,14). The van der Waals surface area contributed by atoms with Gasteiger partial charge in [-0.2, -0.15) is 5.10 Å². The Labute approximate surface area is 89.1 Å². The lowest BCUT2D eigenvalue weighted by atomic mass is 10.1. The van der Waals surface area contributed by atoms with Gasteiger partial charge in [0, 0.05) is 11.3 Å². The third kappa shape index (κ3) is 1.73. The molecule has 0 aliphatic rings. The quantitative estimate of drug-likeness (QED) is 0.813. The first kappa shape index (κ1) is 9.77. The highest BCUT2D eigenvalue weighted by Gasteiger charge is 2.07. The van der Waals surface area contributed by atoms with E-state index in [2.05, 4.69) is 17.1 Å². The summed E-state index contributed by atoms with van der Waals surface area (Å²) < 4.78 is 5.11. The van der Waals surface area contributed by atoms with Crippen LogP contribution in [0.25, 0.3) is 11.3 Å². The van der Waals surface area contributed by atoms with E-state index in [4.69, 9.17) is 4.74 Å². The van der Waals surface area contributed by atoms with Crippen molar-refractivity contribution in [2.24, 2.45) is 0 Å². The van der Waals surface area contributed by atoms with E-state index >= 15 is 0 Å². The SMILES string of the molecule is COc1ccc(-c2n[nH]c(C)c2C)cc1. The van der Waals surface area contributed by atoms with E-state index in [9.17, 15) is 0 Å². The Kier molecular flexibility index (Phi) is 2.46. The number of aromatic nitrogens is 2. The van der Waals surface area contributed by atoms with E-state index in [1.807, 2.05) is 31.2 Å². The van der Waals surface area contributed by atoms with Crippen molar-refractivity contribution < 1.29 is 4.74 Å². The fraction of sp³-hybridized carbons (Fsp3) is 0.250. The van der Waals surface area contributed by atoms with Crippen LogP contribution in [0.2, 0.25) is 0 Å². The number of aromatic amines is 1. The van der Waals surface area contributed by atoms with Crippen LogP contribution in [0.1, 0.15) is 11.3 Å². The molecule has 3 heteroatoms. The van der Waals surface area contributed by atoms with E-state index in [0.717, 1.165) is 22.7 Å². The summed E-state index contributed by atoms with van der Waals surface area (Å²) in [6.45, 7) is 4.09. The Morgan fingerprint density at radius 2 is 1.80 bits per heavy atom. The predicted molar refractivity (Wildman–Crippen MR) is 60.0 cm³/mol. The van der Waals surface area contributed by atoms with Gasteiger partial charge in [0.15, 0.2) is 0 Å². The number of hydrogen-bond donors (Lipinski definition) is 1. The summed E-state index contributed by atoms with van der Waals surface area (Å²) in [6, 6.07) is 7.92. The maximum Gasteiger partial charge on any atom is 0.118 e. The van der Waals surface area contributed by atoms with Gasteiger partial charge in [0.05, 0.1) is 12.8 Å². The van der Waals surface area contributed by atoms with Crippen molar-refractivity contribution in [1.29, 1.82) is 0 Å². The molecule has 0 amide bonds. The highest BCUT2D eigenvalue weighted by molar-refractivity contribution is 5.64. The molecule has 0 atom stereocenters. The smallest absolute Gasteiger partial charge is 0.118 e. The van der Waals surface area contributed by atoms with Gasteiger partial charge in [-0.1, -0.05) is 0 Å². The fourth-order valence-electron chi connectivity index (χ4n) is 1.52. The molecule has 3 nitrogen and oxygen atoms in total. The first-order valence-electron chi connectivity index (χ1n) is 4.88. The van der Waals surface area contributed by atoms with E-state index < -0.39 is 0 Å². The molecule has 1 aromatic heterocycles. The molecule has 1 aromatic carbocycles. The third-order valence-electron chi connectivity index (χ3n) is 2.62. The molecule has 0 saturated heterocycles. The average molecular weight is 202 g/mol. The minimum atomic E-state index is 0.865. The number of H-pyrrole nitrogens is 1. The number of methoxy groups -OCH3 is 1. The number of ether oxygens (including phenoxy) is 1. The van der Waals surface area contributed by atoms with Gasteiger partial charge in [0.25, 0.3) is 0 Å². The van der Waals surface area contributed by atoms with Crippen molar-refractivity contribution in [3.63, 3.8) is 0 Å². The van der Waals surface area contributed by atoms with Crippen LogP contribution in [0.4, 0.5) is 0 Å². The lowest BCUT2D eigenvalue weighted by Gasteiger charge is -2.01. The van der Waals surface area contributed by atoms with Gasteiger partial charge in [-0.15, -0.1) is 0 Å². The lowest BCUT2D eigenvalue weighted by molar-refractivity contribution is 0.415. The molecule has 0 aliphatic heterocycles. The van der Waals surface area contributed by atoms with Crippen LogP contribution in [-0.2, 0) is 0 Å². The van der Waals surface area contributed by atoms with Crippen LogP contribution in [0, 0.1) is 13.8 Å². The molecule has 15 heavy (non-hydrogen) atoms. The highest BCUT2D eigenvalue weighted by atomic mass is 16.5. The molecule has 2 aromatic rings. The molecule has 0 radical (unpaired) electrons. The van der Waals surface area contributed by atoms with E-state index in [-0.39, 0.29) is 0 Å². The van der Waals surface area contributed by atoms with Crippen LogP contribution < -0.4 is 4.74 Å². The van der Waals surface area contributed by atoms with E-state index in [1.165, 1.54) is 5.56 Å². The Hall–Kier alpha value is -1.77. The van der Waals surface area contributed by atoms with Crippen LogP contribution in [0.3, 0.4) is 0 Å². The van der Waals surface area contributed by atoms with Crippen molar-refractivity contribution in [3.05, 3.63) is 35.5 Å². The number of hydrogen-bond acceptors (Lipinski definition) is 2. The Bertz CT molecular complexity index is 457. The summed E-state index contributed by atoms with van der Waals surface area (Å²) in [7, 11) is 1.67. The average Bonchev–Trinajstić information content (AvgIpc) is 2.60. The zero-order valence-electron chi connectivity index (χ0n) is 9.16. The minimum Gasteiger partial charge on any atom is -0.497 e. The van der Waals surface area contributed by atoms with Gasteiger partial charge in [-0.05, 0) is 43.7 Å². The first-order chi connectivity index (χ1) is 7.22. The fourth-order valence-corrected chi connectivity index (χ4v) is 1.52. The number of benzene rings is 1. The molecule has 0 saturated carbocycles. The molecular formula is C12H14N2O. The summed E-state index contributed by atoms with van der Waals surface area (Å²) in [6.07, 6.45) is 0. The van der Waals surface area contributed by atoms with Crippen LogP contribution in [0.15, 0.2) is 24.3 Å². The van der Waals surface area contributed by atoms with Gasteiger partial charge in [-0.25, -0.2) is 0 Å². The zero-order valence-corrected chi connectivity index (χ0v) is 9.16. The zero-order chi connectivity index (χ0) is 10.8. The second-order valence-corrected chi connectivity index (χ2v) is 3.55. The van der Waals surface area contributed by atoms with Crippen molar-refractivity contribution in [3.8, 4) is 17.0 Å². The summed E-state index contributed by atoms with van der Waals surface area (Å²) in [5, 5.41) is 7.26. The molecule has 0 unspecified atom stereocenters. The third-order valence-corrected chi connectivity index (χ3v) is 2.62. The van der Waals surface area contributed by atoms with Crippen molar-refractivity contribution in [2.75, 3.05) is 7.11 Å². The summed E-state index contributed by atoms with van der Waals surface area (Å²) in [5.41, 5.74) is 4.42. The molecule has 0 aliphatic carbocycles. The maximum atomic E-state index is 5.11.